The number of benzene rings is 3. The fourth-order valence-electron chi connectivity index (χ4n) is 4.84. The number of aryl methyl sites for hydroxylation is 1. The molecular weight excluding hydrogens is 464 g/mol. The Hall–Kier alpha value is -3.97. The maximum Gasteiger partial charge on any atom is 0.226 e. The molecule has 3 heterocycles. The molecular formula is C27H23ClN4O3. The van der Waals surface area contributed by atoms with Gasteiger partial charge in [0.15, 0.2) is 11.5 Å². The van der Waals surface area contributed by atoms with Crippen molar-refractivity contribution in [2.75, 3.05) is 19.5 Å². The van der Waals surface area contributed by atoms with Gasteiger partial charge in [-0.25, -0.2) is 4.68 Å². The number of fused-ring (bicyclic) bond motifs is 3. The van der Waals surface area contributed by atoms with Gasteiger partial charge in [0.2, 0.25) is 5.95 Å². The average Bonchev–Trinajstić information content (AvgIpc) is 3.35. The van der Waals surface area contributed by atoms with Gasteiger partial charge in [0.1, 0.15) is 24.2 Å². The molecule has 2 aliphatic heterocycles. The SMILES string of the molecule is COc1ccc([C@H]2C3=C(Nc4ncnn42)c2cc(C)ccc2O[C@H]3c2ccc(Cl)cc2)cc1OC. The molecule has 2 atom stereocenters. The lowest BCUT2D eigenvalue weighted by atomic mass is 9.84. The molecule has 4 aromatic rings. The van der Waals surface area contributed by atoms with Crippen molar-refractivity contribution in [3.63, 3.8) is 0 Å². The molecule has 0 spiro atoms. The van der Waals surface area contributed by atoms with E-state index < -0.39 is 0 Å². The molecule has 0 radical (unpaired) electrons. The Balaban J connectivity index is 1.62. The monoisotopic (exact) mass is 486 g/mol. The summed E-state index contributed by atoms with van der Waals surface area (Å²) in [5.74, 6) is 2.77. The molecule has 7 nitrogen and oxygen atoms in total. The average molecular weight is 487 g/mol. The third kappa shape index (κ3) is 3.51. The Morgan fingerprint density at radius 1 is 0.943 bits per heavy atom. The summed E-state index contributed by atoms with van der Waals surface area (Å²) in [6.45, 7) is 2.07. The van der Waals surface area contributed by atoms with Gasteiger partial charge in [-0.2, -0.15) is 10.1 Å². The van der Waals surface area contributed by atoms with Crippen LogP contribution in [0.15, 0.2) is 72.6 Å². The number of anilines is 1. The minimum atomic E-state index is -0.375. The second-order valence-electron chi connectivity index (χ2n) is 8.55. The molecule has 6 rings (SSSR count). The molecule has 35 heavy (non-hydrogen) atoms. The highest BCUT2D eigenvalue weighted by Crippen LogP contribution is 2.51. The first kappa shape index (κ1) is 21.6. The van der Waals surface area contributed by atoms with Crippen molar-refractivity contribution in [2.45, 2.75) is 19.1 Å². The summed E-state index contributed by atoms with van der Waals surface area (Å²) < 4.78 is 19.7. The summed E-state index contributed by atoms with van der Waals surface area (Å²) >= 11 is 6.21. The van der Waals surface area contributed by atoms with Crippen LogP contribution in [0, 0.1) is 6.92 Å². The minimum absolute atomic E-state index is 0.294. The molecule has 0 bridgehead atoms. The zero-order valence-electron chi connectivity index (χ0n) is 19.4. The topological polar surface area (TPSA) is 70.4 Å². The lowest BCUT2D eigenvalue weighted by Crippen LogP contribution is -2.32. The van der Waals surface area contributed by atoms with Gasteiger partial charge in [-0.15, -0.1) is 0 Å². The number of halogens is 1. The van der Waals surface area contributed by atoms with E-state index in [1.165, 1.54) is 0 Å². The second kappa shape index (κ2) is 8.36. The van der Waals surface area contributed by atoms with Crippen LogP contribution in [0.3, 0.4) is 0 Å². The molecule has 3 aromatic carbocycles. The molecule has 0 aliphatic carbocycles. The predicted octanol–water partition coefficient (Wildman–Crippen LogP) is 5.82. The maximum atomic E-state index is 6.67. The van der Waals surface area contributed by atoms with Gasteiger partial charge in [-0.3, -0.25) is 0 Å². The van der Waals surface area contributed by atoms with Crippen LogP contribution >= 0.6 is 11.6 Å². The summed E-state index contributed by atoms with van der Waals surface area (Å²) in [6.07, 6.45) is 1.18. The third-order valence-corrected chi connectivity index (χ3v) is 6.72. The van der Waals surface area contributed by atoms with Gasteiger partial charge in [0, 0.05) is 16.2 Å². The van der Waals surface area contributed by atoms with E-state index in [-0.39, 0.29) is 12.1 Å². The van der Waals surface area contributed by atoms with Gasteiger partial charge in [0.05, 0.1) is 19.9 Å². The van der Waals surface area contributed by atoms with Crippen molar-refractivity contribution in [3.8, 4) is 17.2 Å². The van der Waals surface area contributed by atoms with E-state index in [1.807, 2.05) is 53.2 Å². The fraction of sp³-hybridized carbons (Fsp3) is 0.185. The van der Waals surface area contributed by atoms with Crippen molar-refractivity contribution in [3.05, 3.63) is 99.8 Å². The summed E-state index contributed by atoms with van der Waals surface area (Å²) in [5, 5.41) is 8.78. The third-order valence-electron chi connectivity index (χ3n) is 6.47. The van der Waals surface area contributed by atoms with E-state index in [9.17, 15) is 0 Å². The normalized spacial score (nSPS) is 18.1. The Morgan fingerprint density at radius 2 is 1.71 bits per heavy atom. The molecule has 0 saturated carbocycles. The zero-order chi connectivity index (χ0) is 24.1. The molecule has 0 saturated heterocycles. The summed E-state index contributed by atoms with van der Waals surface area (Å²) in [7, 11) is 3.26. The highest BCUT2D eigenvalue weighted by molar-refractivity contribution is 6.30. The lowest BCUT2D eigenvalue weighted by Gasteiger charge is -2.39. The molecule has 0 fully saturated rings. The standard InChI is InChI=1S/C27H23ClN4O3/c1-15-4-10-20-19(12-15)24-23(26(35-20)16-5-8-18(28)9-6-16)25(32-27(31-24)29-14-30-32)17-7-11-21(33-2)22(13-17)34-3/h4-14,25-26H,1-3H3,(H,29,30,31)/t25-,26-/m0/s1. The first-order valence-corrected chi connectivity index (χ1v) is 11.6. The van der Waals surface area contributed by atoms with Crippen LogP contribution < -0.4 is 19.5 Å². The summed E-state index contributed by atoms with van der Waals surface area (Å²) in [5.41, 5.74) is 6.09. The fourth-order valence-corrected chi connectivity index (χ4v) is 4.97. The van der Waals surface area contributed by atoms with Crippen molar-refractivity contribution in [2.24, 2.45) is 0 Å². The summed E-state index contributed by atoms with van der Waals surface area (Å²) in [4.78, 5) is 4.50. The van der Waals surface area contributed by atoms with Gasteiger partial charge in [-0.1, -0.05) is 41.4 Å². The first-order chi connectivity index (χ1) is 17.1. The van der Waals surface area contributed by atoms with E-state index in [4.69, 9.17) is 25.8 Å². The molecule has 8 heteroatoms. The minimum Gasteiger partial charge on any atom is -0.493 e. The van der Waals surface area contributed by atoms with Crippen LogP contribution in [-0.4, -0.2) is 29.0 Å². The number of ether oxygens (including phenoxy) is 3. The molecule has 176 valence electrons. The molecule has 0 amide bonds. The van der Waals surface area contributed by atoms with E-state index in [2.05, 4.69) is 34.5 Å². The van der Waals surface area contributed by atoms with Crippen LogP contribution in [0.2, 0.25) is 5.02 Å². The van der Waals surface area contributed by atoms with Crippen LogP contribution in [0.4, 0.5) is 5.95 Å². The zero-order valence-corrected chi connectivity index (χ0v) is 20.2. The highest BCUT2D eigenvalue weighted by atomic mass is 35.5. The Morgan fingerprint density at radius 3 is 2.49 bits per heavy atom. The van der Waals surface area contributed by atoms with Crippen LogP contribution in [0.25, 0.3) is 5.70 Å². The van der Waals surface area contributed by atoms with E-state index in [0.717, 1.165) is 39.3 Å². The van der Waals surface area contributed by atoms with E-state index in [1.54, 1.807) is 20.5 Å². The number of rotatable bonds is 4. The van der Waals surface area contributed by atoms with Crippen molar-refractivity contribution >= 4 is 23.2 Å². The second-order valence-corrected chi connectivity index (χ2v) is 8.99. The number of nitrogens with one attached hydrogen (secondary N) is 1. The smallest absolute Gasteiger partial charge is 0.226 e. The van der Waals surface area contributed by atoms with Gasteiger partial charge < -0.3 is 19.5 Å². The van der Waals surface area contributed by atoms with Crippen LogP contribution in [0.1, 0.15) is 34.4 Å². The molecule has 1 N–H and O–H groups in total. The van der Waals surface area contributed by atoms with Crippen molar-refractivity contribution < 1.29 is 14.2 Å². The van der Waals surface area contributed by atoms with Gasteiger partial charge in [0.25, 0.3) is 0 Å². The Kier molecular flexibility index (Phi) is 5.15. The number of nitrogens with zero attached hydrogens (tertiary/aromatic N) is 3. The lowest BCUT2D eigenvalue weighted by molar-refractivity contribution is 0.223. The Labute approximate surface area is 207 Å². The largest absolute Gasteiger partial charge is 0.493 e. The molecule has 1 aromatic heterocycles. The number of aromatic nitrogens is 3. The Bertz CT molecular complexity index is 1460. The van der Waals surface area contributed by atoms with E-state index in [0.29, 0.717) is 22.5 Å². The number of hydrogen-bond acceptors (Lipinski definition) is 6. The maximum absolute atomic E-state index is 6.67. The van der Waals surface area contributed by atoms with Crippen LogP contribution in [-0.2, 0) is 0 Å². The molecule has 0 unspecified atom stereocenters. The quantitative estimate of drug-likeness (QED) is 0.392. The van der Waals surface area contributed by atoms with Crippen molar-refractivity contribution in [1.29, 1.82) is 0 Å². The van der Waals surface area contributed by atoms with Gasteiger partial charge >= 0.3 is 0 Å². The first-order valence-electron chi connectivity index (χ1n) is 11.2. The van der Waals surface area contributed by atoms with Crippen molar-refractivity contribution in [1.82, 2.24) is 14.8 Å². The van der Waals surface area contributed by atoms with Crippen LogP contribution in [0.5, 0.6) is 17.2 Å². The predicted molar refractivity (Wildman–Crippen MR) is 134 cm³/mol. The number of methoxy groups -OCH3 is 2. The number of hydrogen-bond donors (Lipinski definition) is 1. The molecule has 2 aliphatic rings. The van der Waals surface area contributed by atoms with Gasteiger partial charge in [-0.05, 0) is 54.4 Å². The van der Waals surface area contributed by atoms with E-state index >= 15 is 0 Å². The highest BCUT2D eigenvalue weighted by Gasteiger charge is 2.41. The summed E-state index contributed by atoms with van der Waals surface area (Å²) in [6, 6.07) is 19.6.